The van der Waals surface area contributed by atoms with Gasteiger partial charge in [-0.3, -0.25) is 0 Å². The molecule has 2 unspecified atom stereocenters. The van der Waals surface area contributed by atoms with E-state index in [4.69, 9.17) is 0 Å². The molecule has 1 aliphatic heterocycles. The van der Waals surface area contributed by atoms with Gasteiger partial charge in [-0.1, -0.05) is 18.9 Å². The molecule has 98 valence electrons. The van der Waals surface area contributed by atoms with E-state index >= 15 is 4.39 Å². The van der Waals surface area contributed by atoms with E-state index in [1.54, 1.807) is 0 Å². The zero-order valence-corrected chi connectivity index (χ0v) is 11.1. The Kier molecular flexibility index (Phi) is 4.61. The Morgan fingerprint density at radius 3 is 2.82 bits per heavy atom. The van der Waals surface area contributed by atoms with E-state index in [1.807, 2.05) is 6.92 Å². The van der Waals surface area contributed by atoms with Crippen molar-refractivity contribution in [2.45, 2.75) is 64.0 Å². The molecule has 1 saturated heterocycles. The van der Waals surface area contributed by atoms with Crippen molar-refractivity contribution in [3.8, 4) is 0 Å². The summed E-state index contributed by atoms with van der Waals surface area (Å²) < 4.78 is 15.1. The van der Waals surface area contributed by atoms with Gasteiger partial charge in [0.1, 0.15) is 5.67 Å². The van der Waals surface area contributed by atoms with Crippen molar-refractivity contribution >= 4 is 0 Å². The molecule has 2 heteroatoms. The molecule has 0 bridgehead atoms. The summed E-state index contributed by atoms with van der Waals surface area (Å²) in [6.07, 6.45) is 11.4. The van der Waals surface area contributed by atoms with E-state index in [0.717, 1.165) is 44.3 Å². The smallest absolute Gasteiger partial charge is 0.133 e. The molecule has 2 aliphatic rings. The fraction of sp³-hybridized carbons (Fsp3) is 0.867. The van der Waals surface area contributed by atoms with Crippen LogP contribution in [0.25, 0.3) is 0 Å². The number of alkyl halides is 1. The van der Waals surface area contributed by atoms with E-state index < -0.39 is 5.67 Å². The lowest BCUT2D eigenvalue weighted by Crippen LogP contribution is -2.42. The van der Waals surface area contributed by atoms with Crippen molar-refractivity contribution in [3.05, 3.63) is 11.6 Å². The highest BCUT2D eigenvalue weighted by Gasteiger charge is 2.37. The zero-order valence-electron chi connectivity index (χ0n) is 11.1. The van der Waals surface area contributed by atoms with E-state index in [1.165, 1.54) is 25.7 Å². The van der Waals surface area contributed by atoms with Crippen LogP contribution in [-0.2, 0) is 0 Å². The van der Waals surface area contributed by atoms with Gasteiger partial charge < -0.3 is 5.32 Å². The van der Waals surface area contributed by atoms with Crippen molar-refractivity contribution in [1.29, 1.82) is 0 Å². The quantitative estimate of drug-likeness (QED) is 0.718. The lowest BCUT2D eigenvalue weighted by atomic mass is 9.77. The molecular weight excluding hydrogens is 213 g/mol. The first-order valence-corrected chi connectivity index (χ1v) is 7.30. The monoisotopic (exact) mass is 239 g/mol. The normalized spacial score (nSPS) is 30.9. The Bertz CT molecular complexity index is 264. The van der Waals surface area contributed by atoms with Gasteiger partial charge in [-0.15, -0.1) is 0 Å². The van der Waals surface area contributed by atoms with Crippen LogP contribution in [0.1, 0.15) is 58.3 Å². The average molecular weight is 239 g/mol. The molecule has 1 fully saturated rings. The Hall–Kier alpha value is -0.370. The zero-order chi connectivity index (χ0) is 12.1. The van der Waals surface area contributed by atoms with E-state index in [0.29, 0.717) is 0 Å². The third-order valence-corrected chi connectivity index (χ3v) is 4.48. The van der Waals surface area contributed by atoms with Crippen LogP contribution in [0.15, 0.2) is 11.6 Å². The third-order valence-electron chi connectivity index (χ3n) is 4.48. The summed E-state index contributed by atoms with van der Waals surface area (Å²) in [7, 11) is 0. The predicted molar refractivity (Wildman–Crippen MR) is 70.9 cm³/mol. The molecule has 1 N–H and O–H groups in total. The maximum atomic E-state index is 15.1. The number of allylic oxidation sites excluding steroid dienone is 2. The fourth-order valence-electron chi connectivity index (χ4n) is 3.21. The highest BCUT2D eigenvalue weighted by Crippen LogP contribution is 2.38. The van der Waals surface area contributed by atoms with Crippen molar-refractivity contribution < 1.29 is 4.39 Å². The lowest BCUT2D eigenvalue weighted by molar-refractivity contribution is 0.115. The summed E-state index contributed by atoms with van der Waals surface area (Å²) >= 11 is 0. The Morgan fingerprint density at radius 1 is 1.24 bits per heavy atom. The molecule has 0 amide bonds. The van der Waals surface area contributed by atoms with Crippen LogP contribution in [0.2, 0.25) is 0 Å². The maximum absolute atomic E-state index is 15.1. The molecular formula is C15H26FN. The first-order valence-electron chi connectivity index (χ1n) is 7.30. The number of hydrogen-bond acceptors (Lipinski definition) is 1. The minimum Gasteiger partial charge on any atom is -0.316 e. The highest BCUT2D eigenvalue weighted by molar-refractivity contribution is 5.18. The largest absolute Gasteiger partial charge is 0.316 e. The van der Waals surface area contributed by atoms with E-state index in [-0.39, 0.29) is 5.92 Å². The van der Waals surface area contributed by atoms with Crippen molar-refractivity contribution in [2.24, 2.45) is 5.92 Å². The SMILES string of the molecule is CC(F)(C1=CCCCCCC1)C1CCCNC1. The molecule has 0 aromatic carbocycles. The second kappa shape index (κ2) is 5.99. The Labute approximate surface area is 105 Å². The standard InChI is InChI=1S/C15H26FN/c1-15(16,14-10-7-11-17-12-14)13-8-5-3-2-4-6-9-13/h8,14,17H,2-7,9-12H2,1H3. The Balaban J connectivity index is 2.05. The van der Waals surface area contributed by atoms with Crippen LogP contribution in [0.4, 0.5) is 4.39 Å². The van der Waals surface area contributed by atoms with Crippen LogP contribution in [0.3, 0.4) is 0 Å². The van der Waals surface area contributed by atoms with Crippen LogP contribution < -0.4 is 5.32 Å². The molecule has 0 aromatic heterocycles. The molecule has 0 radical (unpaired) electrons. The summed E-state index contributed by atoms with van der Waals surface area (Å²) in [5, 5.41) is 3.34. The van der Waals surface area contributed by atoms with Gasteiger partial charge in [0.25, 0.3) is 0 Å². The molecule has 1 heterocycles. The van der Waals surface area contributed by atoms with Gasteiger partial charge in [0.2, 0.25) is 0 Å². The summed E-state index contributed by atoms with van der Waals surface area (Å²) in [6, 6.07) is 0. The summed E-state index contributed by atoms with van der Waals surface area (Å²) in [5.41, 5.74) is 0.0102. The van der Waals surface area contributed by atoms with E-state index in [2.05, 4.69) is 11.4 Å². The highest BCUT2D eigenvalue weighted by atomic mass is 19.1. The van der Waals surface area contributed by atoms with Crippen LogP contribution in [-0.4, -0.2) is 18.8 Å². The molecule has 0 aromatic rings. The predicted octanol–water partition coefficient (Wildman–Crippen LogP) is 3.99. The first-order chi connectivity index (χ1) is 8.21. The van der Waals surface area contributed by atoms with Gasteiger partial charge in [0.05, 0.1) is 0 Å². The molecule has 0 spiro atoms. The minimum atomic E-state index is -1.08. The van der Waals surface area contributed by atoms with Crippen LogP contribution >= 0.6 is 0 Å². The van der Waals surface area contributed by atoms with Gasteiger partial charge in [0.15, 0.2) is 0 Å². The van der Waals surface area contributed by atoms with Gasteiger partial charge in [0, 0.05) is 12.5 Å². The molecule has 2 rings (SSSR count). The molecule has 2 atom stereocenters. The lowest BCUT2D eigenvalue weighted by Gasteiger charge is -2.36. The molecule has 1 nitrogen and oxygen atoms in total. The molecule has 17 heavy (non-hydrogen) atoms. The average Bonchev–Trinajstić information content (AvgIpc) is 2.29. The molecule has 1 aliphatic carbocycles. The molecule has 0 saturated carbocycles. The summed E-state index contributed by atoms with van der Waals surface area (Å²) in [4.78, 5) is 0. The van der Waals surface area contributed by atoms with Crippen molar-refractivity contribution in [2.75, 3.05) is 13.1 Å². The second-order valence-electron chi connectivity index (χ2n) is 5.80. The van der Waals surface area contributed by atoms with Crippen LogP contribution in [0, 0.1) is 5.92 Å². The first kappa shape index (κ1) is 13.1. The number of piperidine rings is 1. The number of rotatable bonds is 2. The second-order valence-corrected chi connectivity index (χ2v) is 5.80. The summed E-state index contributed by atoms with van der Waals surface area (Å²) in [6.45, 7) is 3.73. The summed E-state index contributed by atoms with van der Waals surface area (Å²) in [5.74, 6) is 0.182. The fourth-order valence-corrected chi connectivity index (χ4v) is 3.21. The van der Waals surface area contributed by atoms with Crippen LogP contribution in [0.5, 0.6) is 0 Å². The van der Waals surface area contributed by atoms with Gasteiger partial charge >= 0.3 is 0 Å². The van der Waals surface area contributed by atoms with E-state index in [9.17, 15) is 0 Å². The Morgan fingerprint density at radius 2 is 2.06 bits per heavy atom. The van der Waals surface area contributed by atoms with Gasteiger partial charge in [-0.25, -0.2) is 4.39 Å². The third kappa shape index (κ3) is 3.31. The number of halogens is 1. The van der Waals surface area contributed by atoms with Crippen molar-refractivity contribution in [3.63, 3.8) is 0 Å². The van der Waals surface area contributed by atoms with Crippen molar-refractivity contribution in [1.82, 2.24) is 5.32 Å². The minimum absolute atomic E-state index is 0.182. The topological polar surface area (TPSA) is 12.0 Å². The van der Waals surface area contributed by atoms with Gasteiger partial charge in [-0.05, 0) is 57.6 Å². The van der Waals surface area contributed by atoms with Gasteiger partial charge in [-0.2, -0.15) is 0 Å². The number of hydrogen-bond donors (Lipinski definition) is 1. The maximum Gasteiger partial charge on any atom is 0.133 e. The number of nitrogens with one attached hydrogen (secondary N) is 1.